The van der Waals surface area contributed by atoms with Crippen molar-refractivity contribution in [3.05, 3.63) is 0 Å². The standard InChI is InChI=1S/C10H20O3/c1-6-8(2)7-12-9(11)13-10(3,4)5/h8H,6-7H2,1-5H3. The molecule has 0 saturated carbocycles. The smallest absolute Gasteiger partial charge is 0.434 e. The van der Waals surface area contributed by atoms with Crippen LogP contribution in [0.1, 0.15) is 41.0 Å². The Morgan fingerprint density at radius 1 is 1.38 bits per heavy atom. The first-order valence-electron chi connectivity index (χ1n) is 4.71. The molecule has 0 heterocycles. The minimum atomic E-state index is -0.576. The van der Waals surface area contributed by atoms with Gasteiger partial charge in [-0.2, -0.15) is 0 Å². The molecule has 0 aromatic rings. The van der Waals surface area contributed by atoms with E-state index < -0.39 is 11.8 Å². The highest BCUT2D eigenvalue weighted by atomic mass is 16.7. The number of hydrogen-bond donors (Lipinski definition) is 0. The molecular weight excluding hydrogens is 168 g/mol. The van der Waals surface area contributed by atoms with Gasteiger partial charge < -0.3 is 9.47 Å². The first kappa shape index (κ1) is 12.3. The average Bonchev–Trinajstić information content (AvgIpc) is 1.97. The summed E-state index contributed by atoms with van der Waals surface area (Å²) in [7, 11) is 0. The Morgan fingerprint density at radius 3 is 2.31 bits per heavy atom. The largest absolute Gasteiger partial charge is 0.508 e. The van der Waals surface area contributed by atoms with Gasteiger partial charge in [-0.3, -0.25) is 0 Å². The first-order chi connectivity index (χ1) is 5.85. The maximum atomic E-state index is 11.0. The van der Waals surface area contributed by atoms with Crippen LogP contribution in [0, 0.1) is 5.92 Å². The summed E-state index contributed by atoms with van der Waals surface area (Å²) >= 11 is 0. The molecule has 0 spiro atoms. The van der Waals surface area contributed by atoms with E-state index in [1.165, 1.54) is 0 Å². The summed E-state index contributed by atoms with van der Waals surface area (Å²) in [5.74, 6) is 0.396. The van der Waals surface area contributed by atoms with Gasteiger partial charge in [0, 0.05) is 0 Å². The lowest BCUT2D eigenvalue weighted by molar-refractivity contribution is -0.0124. The number of rotatable bonds is 3. The highest BCUT2D eigenvalue weighted by Gasteiger charge is 2.17. The zero-order valence-corrected chi connectivity index (χ0v) is 9.22. The average molecular weight is 188 g/mol. The predicted octanol–water partition coefficient (Wildman–Crippen LogP) is 2.98. The molecular formula is C10H20O3. The summed E-state index contributed by atoms with van der Waals surface area (Å²) < 4.78 is 9.88. The van der Waals surface area contributed by atoms with Crippen LogP contribution >= 0.6 is 0 Å². The number of carbonyl (C=O) groups excluding carboxylic acids is 1. The van der Waals surface area contributed by atoms with Gasteiger partial charge in [-0.15, -0.1) is 0 Å². The Labute approximate surface area is 80.4 Å². The Morgan fingerprint density at radius 2 is 1.92 bits per heavy atom. The summed E-state index contributed by atoms with van der Waals surface area (Å²) in [5, 5.41) is 0. The van der Waals surface area contributed by atoms with Crippen molar-refractivity contribution in [1.82, 2.24) is 0 Å². The van der Waals surface area contributed by atoms with Crippen LogP contribution in [0.15, 0.2) is 0 Å². The Balaban J connectivity index is 3.64. The van der Waals surface area contributed by atoms with E-state index in [1.54, 1.807) is 0 Å². The van der Waals surface area contributed by atoms with Crippen molar-refractivity contribution in [2.45, 2.75) is 46.6 Å². The maximum Gasteiger partial charge on any atom is 0.508 e. The first-order valence-corrected chi connectivity index (χ1v) is 4.71. The third-order valence-corrected chi connectivity index (χ3v) is 1.57. The molecule has 0 saturated heterocycles. The van der Waals surface area contributed by atoms with E-state index in [9.17, 15) is 4.79 Å². The van der Waals surface area contributed by atoms with Crippen LogP contribution in [-0.4, -0.2) is 18.4 Å². The predicted molar refractivity (Wildman–Crippen MR) is 51.6 cm³/mol. The Hall–Kier alpha value is -0.730. The van der Waals surface area contributed by atoms with Crippen molar-refractivity contribution >= 4 is 6.16 Å². The van der Waals surface area contributed by atoms with Gasteiger partial charge in [0.2, 0.25) is 0 Å². The van der Waals surface area contributed by atoms with Crippen LogP contribution in [-0.2, 0) is 9.47 Å². The second-order valence-electron chi connectivity index (χ2n) is 4.29. The molecule has 1 unspecified atom stereocenters. The maximum absolute atomic E-state index is 11.0. The van der Waals surface area contributed by atoms with Crippen LogP contribution in [0.3, 0.4) is 0 Å². The molecule has 0 aromatic heterocycles. The van der Waals surface area contributed by atoms with Crippen LogP contribution in [0.5, 0.6) is 0 Å². The van der Waals surface area contributed by atoms with Crippen molar-refractivity contribution in [2.24, 2.45) is 5.92 Å². The second-order valence-corrected chi connectivity index (χ2v) is 4.29. The molecule has 1 atom stereocenters. The summed E-state index contributed by atoms with van der Waals surface area (Å²) in [6, 6.07) is 0. The molecule has 13 heavy (non-hydrogen) atoms. The molecule has 0 aromatic carbocycles. The summed E-state index contributed by atoms with van der Waals surface area (Å²) in [6.07, 6.45) is 0.427. The minimum absolute atomic E-state index is 0.396. The van der Waals surface area contributed by atoms with Gasteiger partial charge in [0.1, 0.15) is 5.60 Å². The van der Waals surface area contributed by atoms with E-state index in [4.69, 9.17) is 9.47 Å². The number of carbonyl (C=O) groups is 1. The molecule has 78 valence electrons. The Kier molecular flexibility index (Phi) is 4.81. The normalized spacial score (nSPS) is 13.6. The van der Waals surface area contributed by atoms with Crippen LogP contribution in [0.2, 0.25) is 0 Å². The summed E-state index contributed by atoms with van der Waals surface area (Å²) in [4.78, 5) is 11.0. The van der Waals surface area contributed by atoms with Crippen molar-refractivity contribution in [3.8, 4) is 0 Å². The van der Waals surface area contributed by atoms with E-state index in [1.807, 2.05) is 27.7 Å². The fourth-order valence-electron chi connectivity index (χ4n) is 0.608. The highest BCUT2D eigenvalue weighted by Crippen LogP contribution is 2.09. The SMILES string of the molecule is CCC(C)COC(=O)OC(C)(C)C. The van der Waals surface area contributed by atoms with Gasteiger partial charge in [0.25, 0.3) is 0 Å². The van der Waals surface area contributed by atoms with Gasteiger partial charge in [-0.25, -0.2) is 4.79 Å². The van der Waals surface area contributed by atoms with E-state index in [-0.39, 0.29) is 0 Å². The van der Waals surface area contributed by atoms with Crippen LogP contribution < -0.4 is 0 Å². The van der Waals surface area contributed by atoms with Crippen molar-refractivity contribution in [1.29, 1.82) is 0 Å². The lowest BCUT2D eigenvalue weighted by atomic mass is 10.1. The third kappa shape index (κ3) is 7.62. The number of ether oxygens (including phenoxy) is 2. The molecule has 0 amide bonds. The molecule has 3 nitrogen and oxygen atoms in total. The lowest BCUT2D eigenvalue weighted by Gasteiger charge is -2.19. The fourth-order valence-corrected chi connectivity index (χ4v) is 0.608. The molecule has 3 heteroatoms. The van der Waals surface area contributed by atoms with E-state index in [0.29, 0.717) is 12.5 Å². The zero-order valence-electron chi connectivity index (χ0n) is 9.22. The molecule has 0 aliphatic carbocycles. The molecule has 0 bridgehead atoms. The van der Waals surface area contributed by atoms with Gasteiger partial charge in [0.15, 0.2) is 0 Å². The summed E-state index contributed by atoms with van der Waals surface area (Å²) in [6.45, 7) is 9.98. The van der Waals surface area contributed by atoms with Crippen molar-refractivity contribution < 1.29 is 14.3 Å². The molecule has 0 radical (unpaired) electrons. The number of hydrogen-bond acceptors (Lipinski definition) is 3. The quantitative estimate of drug-likeness (QED) is 0.639. The molecule has 0 fully saturated rings. The second kappa shape index (κ2) is 5.10. The Bertz CT molecular complexity index is 158. The molecule has 0 aliphatic heterocycles. The topological polar surface area (TPSA) is 35.5 Å². The highest BCUT2D eigenvalue weighted by molar-refractivity contribution is 5.60. The van der Waals surface area contributed by atoms with Crippen LogP contribution in [0.25, 0.3) is 0 Å². The van der Waals surface area contributed by atoms with E-state index in [0.717, 1.165) is 6.42 Å². The minimum Gasteiger partial charge on any atom is -0.434 e. The van der Waals surface area contributed by atoms with Gasteiger partial charge in [-0.1, -0.05) is 20.3 Å². The van der Waals surface area contributed by atoms with Gasteiger partial charge in [0.05, 0.1) is 6.61 Å². The molecule has 0 aliphatic rings. The van der Waals surface area contributed by atoms with Crippen LogP contribution in [0.4, 0.5) is 4.79 Å². The van der Waals surface area contributed by atoms with Gasteiger partial charge >= 0.3 is 6.16 Å². The summed E-state index contributed by atoms with van der Waals surface area (Å²) in [5.41, 5.74) is -0.466. The van der Waals surface area contributed by atoms with E-state index >= 15 is 0 Å². The third-order valence-electron chi connectivity index (χ3n) is 1.57. The van der Waals surface area contributed by atoms with E-state index in [2.05, 4.69) is 6.92 Å². The molecule has 0 rings (SSSR count). The monoisotopic (exact) mass is 188 g/mol. The van der Waals surface area contributed by atoms with Crippen molar-refractivity contribution in [3.63, 3.8) is 0 Å². The molecule has 0 N–H and O–H groups in total. The zero-order chi connectivity index (χ0) is 10.5. The van der Waals surface area contributed by atoms with Crippen molar-refractivity contribution in [2.75, 3.05) is 6.61 Å². The fraction of sp³-hybridized carbons (Fsp3) is 0.900. The van der Waals surface area contributed by atoms with Gasteiger partial charge in [-0.05, 0) is 26.7 Å². The lowest BCUT2D eigenvalue weighted by Crippen LogP contribution is -2.25.